The summed E-state index contributed by atoms with van der Waals surface area (Å²) in [5, 5.41) is 13.1. The Bertz CT molecular complexity index is 899. The third-order valence-corrected chi connectivity index (χ3v) is 6.20. The standard InChI is InChI=1S/C23H28FN3O2/c1-14(2)25-23(29)27-11-10-18-21(13-28)26(3)20-9-6-16(12-19(20)22(18)27)15-4-7-17(24)8-5-15/h4-9,12,14,18,21-22,28H,10-11,13H2,1-3H3,(H,25,29)/t18-,21+,22-/m0/s1. The zero-order chi connectivity index (χ0) is 20.7. The van der Waals surface area contributed by atoms with Gasteiger partial charge in [0.05, 0.1) is 18.7 Å². The van der Waals surface area contributed by atoms with Crippen LogP contribution in [-0.4, -0.2) is 48.3 Å². The van der Waals surface area contributed by atoms with Gasteiger partial charge in [-0.2, -0.15) is 0 Å². The van der Waals surface area contributed by atoms with Crippen molar-refractivity contribution in [3.05, 3.63) is 53.8 Å². The minimum absolute atomic E-state index is 0.0268. The van der Waals surface area contributed by atoms with Crippen molar-refractivity contribution in [1.29, 1.82) is 0 Å². The van der Waals surface area contributed by atoms with E-state index in [0.717, 1.165) is 28.8 Å². The van der Waals surface area contributed by atoms with Gasteiger partial charge >= 0.3 is 6.03 Å². The Labute approximate surface area is 171 Å². The summed E-state index contributed by atoms with van der Waals surface area (Å²) in [4.78, 5) is 16.9. The lowest BCUT2D eigenvalue weighted by Crippen LogP contribution is -2.50. The van der Waals surface area contributed by atoms with Gasteiger partial charge in [0.15, 0.2) is 0 Å². The van der Waals surface area contributed by atoms with E-state index in [1.807, 2.05) is 37.9 Å². The molecule has 1 saturated heterocycles. The monoisotopic (exact) mass is 397 g/mol. The number of carbonyl (C=O) groups is 1. The largest absolute Gasteiger partial charge is 0.394 e. The highest BCUT2D eigenvalue weighted by molar-refractivity contribution is 5.77. The summed E-state index contributed by atoms with van der Waals surface area (Å²) in [5.41, 5.74) is 4.05. The second kappa shape index (κ2) is 7.67. The summed E-state index contributed by atoms with van der Waals surface area (Å²) in [6.07, 6.45) is 0.853. The summed E-state index contributed by atoms with van der Waals surface area (Å²) in [6, 6.07) is 12.5. The molecule has 154 valence electrons. The van der Waals surface area contributed by atoms with Crippen molar-refractivity contribution < 1.29 is 14.3 Å². The highest BCUT2D eigenvalue weighted by Crippen LogP contribution is 2.49. The summed E-state index contributed by atoms with van der Waals surface area (Å²) in [5.74, 6) is -0.0940. The van der Waals surface area contributed by atoms with Crippen LogP contribution in [0.5, 0.6) is 0 Å². The molecule has 4 rings (SSSR count). The van der Waals surface area contributed by atoms with E-state index in [4.69, 9.17) is 0 Å². The molecule has 2 aliphatic heterocycles. The Hall–Kier alpha value is -2.60. The van der Waals surface area contributed by atoms with Crippen LogP contribution in [0, 0.1) is 11.7 Å². The quantitative estimate of drug-likeness (QED) is 0.829. The fourth-order valence-electron chi connectivity index (χ4n) is 4.83. The number of likely N-dealkylation sites (N-methyl/N-ethyl adjacent to an activating group) is 1. The van der Waals surface area contributed by atoms with E-state index in [2.05, 4.69) is 16.3 Å². The highest BCUT2D eigenvalue weighted by Gasteiger charge is 2.47. The molecule has 2 aromatic carbocycles. The summed E-state index contributed by atoms with van der Waals surface area (Å²) < 4.78 is 13.3. The summed E-state index contributed by atoms with van der Waals surface area (Å²) in [6.45, 7) is 4.63. The zero-order valence-corrected chi connectivity index (χ0v) is 17.1. The van der Waals surface area contributed by atoms with Crippen LogP contribution in [0.1, 0.15) is 31.9 Å². The number of carbonyl (C=O) groups excluding carboxylic acids is 1. The van der Waals surface area contributed by atoms with Gasteiger partial charge in [-0.3, -0.25) is 0 Å². The zero-order valence-electron chi connectivity index (χ0n) is 17.1. The van der Waals surface area contributed by atoms with Crippen molar-refractivity contribution in [2.75, 3.05) is 25.1 Å². The van der Waals surface area contributed by atoms with Crippen molar-refractivity contribution in [2.24, 2.45) is 5.92 Å². The summed E-state index contributed by atoms with van der Waals surface area (Å²) in [7, 11) is 2.00. The van der Waals surface area contributed by atoms with E-state index in [0.29, 0.717) is 6.54 Å². The number of nitrogens with one attached hydrogen (secondary N) is 1. The van der Waals surface area contributed by atoms with E-state index in [1.54, 1.807) is 12.1 Å². The van der Waals surface area contributed by atoms with Gasteiger partial charge in [-0.25, -0.2) is 9.18 Å². The number of nitrogens with zero attached hydrogens (tertiary/aromatic N) is 2. The van der Waals surface area contributed by atoms with E-state index in [9.17, 15) is 14.3 Å². The van der Waals surface area contributed by atoms with Gasteiger partial charge in [0, 0.05) is 31.2 Å². The summed E-state index contributed by atoms with van der Waals surface area (Å²) >= 11 is 0. The SMILES string of the molecule is CC(C)NC(=O)N1CC[C@@H]2[C@H]1c1cc(-c3ccc(F)cc3)ccc1N(C)[C@@H]2CO. The maximum Gasteiger partial charge on any atom is 0.318 e. The fraction of sp³-hybridized carbons (Fsp3) is 0.435. The van der Waals surface area contributed by atoms with Gasteiger partial charge in [0.1, 0.15) is 5.82 Å². The van der Waals surface area contributed by atoms with Crippen LogP contribution < -0.4 is 10.2 Å². The number of likely N-dealkylation sites (tertiary alicyclic amines) is 1. The Morgan fingerprint density at radius 1 is 1.21 bits per heavy atom. The smallest absolute Gasteiger partial charge is 0.318 e. The highest BCUT2D eigenvalue weighted by atomic mass is 19.1. The molecule has 1 fully saturated rings. The minimum Gasteiger partial charge on any atom is -0.394 e. The lowest BCUT2D eigenvalue weighted by molar-refractivity contribution is 0.159. The van der Waals surface area contributed by atoms with Gasteiger partial charge in [-0.15, -0.1) is 0 Å². The molecule has 0 aromatic heterocycles. The number of fused-ring (bicyclic) bond motifs is 3. The van der Waals surface area contributed by atoms with Gasteiger partial charge in [0.2, 0.25) is 0 Å². The molecule has 29 heavy (non-hydrogen) atoms. The van der Waals surface area contributed by atoms with Gasteiger partial charge in [-0.05, 0) is 61.2 Å². The van der Waals surface area contributed by atoms with E-state index < -0.39 is 0 Å². The van der Waals surface area contributed by atoms with Crippen LogP contribution in [-0.2, 0) is 0 Å². The molecule has 0 bridgehead atoms. The third-order valence-electron chi connectivity index (χ3n) is 6.20. The van der Waals surface area contributed by atoms with Gasteiger partial charge in [0.25, 0.3) is 0 Å². The van der Waals surface area contributed by atoms with Crippen LogP contribution in [0.15, 0.2) is 42.5 Å². The number of hydrogen-bond donors (Lipinski definition) is 2. The fourth-order valence-corrected chi connectivity index (χ4v) is 4.83. The predicted octanol–water partition coefficient (Wildman–Crippen LogP) is 3.78. The molecule has 0 unspecified atom stereocenters. The van der Waals surface area contributed by atoms with Crippen LogP contribution in [0.3, 0.4) is 0 Å². The number of amides is 2. The number of rotatable bonds is 3. The number of aliphatic hydroxyl groups excluding tert-OH is 1. The molecule has 2 heterocycles. The first-order valence-corrected chi connectivity index (χ1v) is 10.2. The molecule has 2 amide bonds. The van der Waals surface area contributed by atoms with Crippen LogP contribution in [0.25, 0.3) is 11.1 Å². The third kappa shape index (κ3) is 3.46. The molecule has 3 atom stereocenters. The number of benzene rings is 2. The molecule has 6 heteroatoms. The molecule has 2 aliphatic rings. The van der Waals surface area contributed by atoms with Crippen molar-refractivity contribution in [2.45, 2.75) is 38.4 Å². The number of anilines is 1. The molecule has 2 aromatic rings. The van der Waals surface area contributed by atoms with Gasteiger partial charge in [-0.1, -0.05) is 18.2 Å². The Morgan fingerprint density at radius 3 is 2.55 bits per heavy atom. The molecule has 5 nitrogen and oxygen atoms in total. The van der Waals surface area contributed by atoms with Crippen molar-refractivity contribution in [3.8, 4) is 11.1 Å². The average Bonchev–Trinajstić information content (AvgIpc) is 3.13. The van der Waals surface area contributed by atoms with E-state index in [1.165, 1.54) is 12.1 Å². The van der Waals surface area contributed by atoms with Crippen molar-refractivity contribution in [3.63, 3.8) is 0 Å². The van der Waals surface area contributed by atoms with E-state index in [-0.39, 0.29) is 42.5 Å². The van der Waals surface area contributed by atoms with E-state index >= 15 is 0 Å². The predicted molar refractivity (Wildman–Crippen MR) is 112 cm³/mol. The Morgan fingerprint density at radius 2 is 1.90 bits per heavy atom. The molecular formula is C23H28FN3O2. The number of hydrogen-bond acceptors (Lipinski definition) is 3. The van der Waals surface area contributed by atoms with Gasteiger partial charge < -0.3 is 20.2 Å². The first kappa shape index (κ1) is 19.7. The molecule has 0 aliphatic carbocycles. The number of halogens is 1. The Balaban J connectivity index is 1.78. The number of urea groups is 1. The van der Waals surface area contributed by atoms with Crippen molar-refractivity contribution in [1.82, 2.24) is 10.2 Å². The number of aliphatic hydroxyl groups is 1. The lowest BCUT2D eigenvalue weighted by atomic mass is 9.81. The van der Waals surface area contributed by atoms with Crippen LogP contribution >= 0.6 is 0 Å². The molecular weight excluding hydrogens is 369 g/mol. The van der Waals surface area contributed by atoms with Crippen LogP contribution in [0.2, 0.25) is 0 Å². The molecule has 0 saturated carbocycles. The first-order chi connectivity index (χ1) is 13.9. The van der Waals surface area contributed by atoms with Crippen LogP contribution in [0.4, 0.5) is 14.9 Å². The van der Waals surface area contributed by atoms with Crippen molar-refractivity contribution >= 4 is 11.7 Å². The second-order valence-corrected chi connectivity index (χ2v) is 8.34. The molecule has 0 spiro atoms. The Kier molecular flexibility index (Phi) is 5.21. The topological polar surface area (TPSA) is 55.8 Å². The molecule has 2 N–H and O–H groups in total. The average molecular weight is 397 g/mol. The maximum atomic E-state index is 13.3. The minimum atomic E-state index is -0.260. The molecule has 0 radical (unpaired) electrons. The maximum absolute atomic E-state index is 13.3. The normalized spacial score (nSPS) is 23.2. The first-order valence-electron chi connectivity index (χ1n) is 10.2. The second-order valence-electron chi connectivity index (χ2n) is 8.34. The lowest BCUT2D eigenvalue weighted by Gasteiger charge is -2.44.